The Morgan fingerprint density at radius 1 is 1.39 bits per heavy atom. The summed E-state index contributed by atoms with van der Waals surface area (Å²) in [6, 6.07) is 4.54. The number of benzene rings is 1. The molecule has 1 aromatic rings. The van der Waals surface area contributed by atoms with E-state index in [9.17, 15) is 22.7 Å². The van der Waals surface area contributed by atoms with E-state index in [2.05, 4.69) is 10.6 Å². The number of hydrogen-bond donors (Lipinski definition) is 3. The van der Waals surface area contributed by atoms with Gasteiger partial charge in [-0.3, -0.25) is 4.79 Å². The number of aliphatic hydroxyl groups is 1. The Bertz CT molecular complexity index is 648. The van der Waals surface area contributed by atoms with Crippen LogP contribution in [0.1, 0.15) is 13.3 Å². The molecule has 1 aliphatic heterocycles. The Morgan fingerprint density at radius 2 is 2.04 bits per heavy atom. The number of nitrogens with one attached hydrogen (secondary N) is 2. The van der Waals surface area contributed by atoms with E-state index < -0.39 is 27.0 Å². The van der Waals surface area contributed by atoms with Gasteiger partial charge in [0.15, 0.2) is 9.84 Å². The average molecular weight is 344 g/mol. The van der Waals surface area contributed by atoms with Gasteiger partial charge in [0.05, 0.1) is 16.2 Å². The molecule has 3 unspecified atom stereocenters. The van der Waals surface area contributed by atoms with Gasteiger partial charge in [0.2, 0.25) is 5.91 Å². The second kappa shape index (κ2) is 7.37. The molecule has 1 fully saturated rings. The maximum absolute atomic E-state index is 12.9. The van der Waals surface area contributed by atoms with Crippen LogP contribution in [0.2, 0.25) is 0 Å². The van der Waals surface area contributed by atoms with E-state index in [1.165, 1.54) is 19.1 Å². The first-order valence-corrected chi connectivity index (χ1v) is 9.00. The molecule has 2 rings (SSSR count). The van der Waals surface area contributed by atoms with Gasteiger partial charge in [-0.05, 0) is 31.2 Å². The van der Waals surface area contributed by atoms with E-state index in [0.29, 0.717) is 19.6 Å². The molecular weight excluding hydrogens is 323 g/mol. The Labute approximate surface area is 135 Å². The van der Waals surface area contributed by atoms with Crippen LogP contribution in [0.25, 0.3) is 0 Å². The van der Waals surface area contributed by atoms with Crippen LogP contribution in [0.15, 0.2) is 29.2 Å². The van der Waals surface area contributed by atoms with E-state index in [1.807, 2.05) is 0 Å². The highest BCUT2D eigenvalue weighted by molar-refractivity contribution is 7.92. The molecule has 0 aliphatic carbocycles. The number of hydrogen-bond acceptors (Lipinski definition) is 5. The molecule has 0 spiro atoms. The summed E-state index contributed by atoms with van der Waals surface area (Å²) >= 11 is 0. The highest BCUT2D eigenvalue weighted by Gasteiger charge is 2.28. The maximum atomic E-state index is 12.9. The summed E-state index contributed by atoms with van der Waals surface area (Å²) in [5.41, 5.74) is 0. The Morgan fingerprint density at radius 3 is 2.61 bits per heavy atom. The van der Waals surface area contributed by atoms with Gasteiger partial charge in [0.25, 0.3) is 0 Å². The maximum Gasteiger partial charge on any atom is 0.221 e. The normalized spacial score (nSPS) is 22.7. The fraction of sp³-hybridized carbons (Fsp3) is 0.533. The smallest absolute Gasteiger partial charge is 0.221 e. The summed E-state index contributed by atoms with van der Waals surface area (Å²) in [4.78, 5) is 11.9. The van der Waals surface area contributed by atoms with Crippen molar-refractivity contribution < 1.29 is 22.7 Å². The van der Waals surface area contributed by atoms with Gasteiger partial charge in [-0.15, -0.1) is 0 Å². The lowest BCUT2D eigenvalue weighted by molar-refractivity contribution is -0.121. The highest BCUT2D eigenvalue weighted by atomic mass is 32.2. The van der Waals surface area contributed by atoms with Gasteiger partial charge in [-0.2, -0.15) is 0 Å². The summed E-state index contributed by atoms with van der Waals surface area (Å²) in [6.07, 6.45) is -0.689. The van der Waals surface area contributed by atoms with Crippen molar-refractivity contribution in [2.45, 2.75) is 29.6 Å². The Kier molecular flexibility index (Phi) is 5.72. The van der Waals surface area contributed by atoms with Gasteiger partial charge < -0.3 is 15.7 Å². The van der Waals surface area contributed by atoms with E-state index in [4.69, 9.17) is 0 Å². The van der Waals surface area contributed by atoms with Crippen LogP contribution >= 0.6 is 0 Å². The van der Waals surface area contributed by atoms with Crippen molar-refractivity contribution in [1.29, 1.82) is 0 Å². The number of carbonyl (C=O) groups excluding carboxylic acids is 1. The quantitative estimate of drug-likeness (QED) is 0.635. The lowest BCUT2D eigenvalue weighted by Gasteiger charge is -2.16. The third-order valence-electron chi connectivity index (χ3n) is 4.01. The number of rotatable bonds is 6. The predicted octanol–water partition coefficient (Wildman–Crippen LogP) is 0.0745. The first-order valence-electron chi connectivity index (χ1n) is 7.45. The van der Waals surface area contributed by atoms with E-state index in [-0.39, 0.29) is 23.1 Å². The molecule has 8 heteroatoms. The number of sulfone groups is 1. The lowest BCUT2D eigenvalue weighted by atomic mass is 10.1. The zero-order valence-corrected chi connectivity index (χ0v) is 13.6. The summed E-state index contributed by atoms with van der Waals surface area (Å²) in [6.45, 7) is 2.86. The van der Waals surface area contributed by atoms with Gasteiger partial charge in [-0.1, -0.05) is 0 Å². The number of carbonyl (C=O) groups is 1. The number of halogens is 1. The molecule has 0 saturated carbocycles. The summed E-state index contributed by atoms with van der Waals surface area (Å²) < 4.78 is 37.6. The lowest BCUT2D eigenvalue weighted by Crippen LogP contribution is -2.36. The first kappa shape index (κ1) is 17.8. The largest absolute Gasteiger partial charge is 0.391 e. The molecule has 0 radical (unpaired) electrons. The molecule has 1 saturated heterocycles. The van der Waals surface area contributed by atoms with Crippen molar-refractivity contribution in [2.75, 3.05) is 19.6 Å². The fourth-order valence-corrected chi connectivity index (χ4v) is 3.82. The van der Waals surface area contributed by atoms with Gasteiger partial charge in [0.1, 0.15) is 5.82 Å². The molecule has 1 heterocycles. The van der Waals surface area contributed by atoms with Crippen LogP contribution in [-0.2, 0) is 14.6 Å². The van der Waals surface area contributed by atoms with Crippen molar-refractivity contribution >= 4 is 15.7 Å². The van der Waals surface area contributed by atoms with Crippen molar-refractivity contribution in [2.24, 2.45) is 5.92 Å². The number of amides is 1. The zero-order chi connectivity index (χ0) is 17.0. The Hall–Kier alpha value is -1.51. The summed E-state index contributed by atoms with van der Waals surface area (Å²) in [5, 5.41) is 14.4. The van der Waals surface area contributed by atoms with E-state index in [0.717, 1.165) is 12.1 Å². The Balaban J connectivity index is 1.90. The van der Waals surface area contributed by atoms with Crippen molar-refractivity contribution in [3.8, 4) is 0 Å². The first-order chi connectivity index (χ1) is 10.8. The summed E-state index contributed by atoms with van der Waals surface area (Å²) in [5.74, 6) is -0.969. The highest BCUT2D eigenvalue weighted by Crippen LogP contribution is 2.18. The van der Waals surface area contributed by atoms with Crippen molar-refractivity contribution in [3.05, 3.63) is 30.1 Å². The molecule has 6 nitrogen and oxygen atoms in total. The molecular formula is C15H21FN2O4S. The van der Waals surface area contributed by atoms with Crippen LogP contribution in [0, 0.1) is 11.7 Å². The van der Waals surface area contributed by atoms with Crippen molar-refractivity contribution in [3.63, 3.8) is 0 Å². The van der Waals surface area contributed by atoms with Crippen molar-refractivity contribution in [1.82, 2.24) is 10.6 Å². The monoisotopic (exact) mass is 344 g/mol. The summed E-state index contributed by atoms with van der Waals surface area (Å²) in [7, 11) is -3.69. The third-order valence-corrected chi connectivity index (χ3v) is 6.17. The zero-order valence-electron chi connectivity index (χ0n) is 12.8. The number of β-amino-alcohol motifs (C(OH)–C–C–N with tert-alkyl or cyclic N) is 1. The molecule has 3 atom stereocenters. The number of aliphatic hydroxyl groups excluding tert-OH is 1. The van der Waals surface area contributed by atoms with Crippen LogP contribution in [-0.4, -0.2) is 50.4 Å². The van der Waals surface area contributed by atoms with E-state index in [1.54, 1.807) is 0 Å². The van der Waals surface area contributed by atoms with Crippen LogP contribution in [0.3, 0.4) is 0 Å². The topological polar surface area (TPSA) is 95.5 Å². The van der Waals surface area contributed by atoms with E-state index >= 15 is 0 Å². The molecule has 0 aromatic heterocycles. The van der Waals surface area contributed by atoms with Crippen LogP contribution in [0.5, 0.6) is 0 Å². The molecule has 1 aromatic carbocycles. The SMILES string of the molecule is CC(CC(=O)NCC1CNCC1O)S(=O)(=O)c1ccc(F)cc1. The molecule has 1 amide bonds. The standard InChI is InChI=1S/C15H21FN2O4S/c1-10(23(21,22)13-4-2-12(16)3-5-13)6-15(20)18-8-11-7-17-9-14(11)19/h2-5,10-11,14,17,19H,6-9H2,1H3,(H,18,20). The van der Waals surface area contributed by atoms with Gasteiger partial charge >= 0.3 is 0 Å². The molecule has 1 aliphatic rings. The fourth-order valence-electron chi connectivity index (χ4n) is 2.47. The van der Waals surface area contributed by atoms with Crippen LogP contribution < -0.4 is 10.6 Å². The third kappa shape index (κ3) is 4.49. The minimum Gasteiger partial charge on any atom is -0.391 e. The molecule has 128 valence electrons. The predicted molar refractivity (Wildman–Crippen MR) is 83.0 cm³/mol. The minimum absolute atomic E-state index is 0.00499. The van der Waals surface area contributed by atoms with Crippen LogP contribution in [0.4, 0.5) is 4.39 Å². The average Bonchev–Trinajstić information content (AvgIpc) is 2.91. The molecule has 23 heavy (non-hydrogen) atoms. The molecule has 3 N–H and O–H groups in total. The van der Waals surface area contributed by atoms with Gasteiger partial charge in [0, 0.05) is 32.0 Å². The second-order valence-electron chi connectivity index (χ2n) is 5.80. The molecule has 0 bridgehead atoms. The van der Waals surface area contributed by atoms with Gasteiger partial charge in [-0.25, -0.2) is 12.8 Å². The minimum atomic E-state index is -3.69. The second-order valence-corrected chi connectivity index (χ2v) is 8.17.